The molecule has 1 fully saturated rings. The zero-order valence-corrected chi connectivity index (χ0v) is 8.87. The molecule has 0 radical (unpaired) electrons. The van der Waals surface area contributed by atoms with Crippen molar-refractivity contribution >= 4 is 5.91 Å². The molecular formula is C12H13FN2O. The van der Waals surface area contributed by atoms with E-state index in [1.54, 1.807) is 6.07 Å². The maximum Gasteiger partial charge on any atom is 0.237 e. The van der Waals surface area contributed by atoms with Crippen LogP contribution in [-0.4, -0.2) is 30.4 Å². The molecule has 0 aromatic heterocycles. The first-order chi connectivity index (χ1) is 7.77. The van der Waals surface area contributed by atoms with Crippen LogP contribution < -0.4 is 5.32 Å². The topological polar surface area (TPSA) is 32.3 Å². The summed E-state index contributed by atoms with van der Waals surface area (Å²) in [6.07, 6.45) is 0.629. The van der Waals surface area contributed by atoms with Crippen molar-refractivity contribution in [1.82, 2.24) is 10.2 Å². The molecule has 1 aromatic carbocycles. The highest BCUT2D eigenvalue weighted by atomic mass is 19.1. The van der Waals surface area contributed by atoms with E-state index in [4.69, 9.17) is 0 Å². The lowest BCUT2D eigenvalue weighted by Gasteiger charge is -2.40. The lowest BCUT2D eigenvalue weighted by molar-refractivity contribution is -0.135. The maximum absolute atomic E-state index is 13.6. The standard InChI is InChI=1S/C12H13FN2O/c13-10-3-1-2-9-8(10)4-5-15-11(9)6-14-7-12(15)16/h1-3,11,14H,4-7H2/t11-/m1/s1. The molecule has 4 heteroatoms. The number of amides is 1. The Labute approximate surface area is 93.2 Å². The minimum Gasteiger partial charge on any atom is -0.333 e. The van der Waals surface area contributed by atoms with Gasteiger partial charge in [-0.2, -0.15) is 0 Å². The van der Waals surface area contributed by atoms with Gasteiger partial charge in [0.1, 0.15) is 5.82 Å². The smallest absolute Gasteiger partial charge is 0.237 e. The molecule has 3 rings (SSSR count). The van der Waals surface area contributed by atoms with Crippen LogP contribution in [0.15, 0.2) is 18.2 Å². The van der Waals surface area contributed by atoms with Crippen LogP contribution >= 0.6 is 0 Å². The number of carbonyl (C=O) groups excluding carboxylic acids is 1. The molecule has 1 aromatic rings. The highest BCUT2D eigenvalue weighted by Crippen LogP contribution is 2.31. The fourth-order valence-corrected chi connectivity index (χ4v) is 2.64. The van der Waals surface area contributed by atoms with E-state index in [0.717, 1.165) is 17.7 Å². The molecule has 1 saturated heterocycles. The Morgan fingerprint density at radius 2 is 2.31 bits per heavy atom. The molecule has 16 heavy (non-hydrogen) atoms. The van der Waals surface area contributed by atoms with Gasteiger partial charge < -0.3 is 10.2 Å². The summed E-state index contributed by atoms with van der Waals surface area (Å²) < 4.78 is 13.6. The first-order valence-electron chi connectivity index (χ1n) is 5.55. The Hall–Kier alpha value is -1.42. The van der Waals surface area contributed by atoms with E-state index < -0.39 is 0 Å². The molecule has 1 atom stereocenters. The van der Waals surface area contributed by atoms with Crippen molar-refractivity contribution in [2.45, 2.75) is 12.5 Å². The summed E-state index contributed by atoms with van der Waals surface area (Å²) in [6, 6.07) is 5.15. The summed E-state index contributed by atoms with van der Waals surface area (Å²) in [4.78, 5) is 13.6. The maximum atomic E-state index is 13.6. The molecule has 3 nitrogen and oxygen atoms in total. The molecule has 84 valence electrons. The van der Waals surface area contributed by atoms with Gasteiger partial charge in [-0.15, -0.1) is 0 Å². The number of hydrogen-bond donors (Lipinski definition) is 1. The van der Waals surface area contributed by atoms with Crippen molar-refractivity contribution in [2.75, 3.05) is 19.6 Å². The van der Waals surface area contributed by atoms with Gasteiger partial charge in [0.25, 0.3) is 0 Å². The summed E-state index contributed by atoms with van der Waals surface area (Å²) >= 11 is 0. The Morgan fingerprint density at radius 1 is 1.44 bits per heavy atom. The van der Waals surface area contributed by atoms with Gasteiger partial charge in [-0.25, -0.2) is 4.39 Å². The van der Waals surface area contributed by atoms with Crippen LogP contribution in [0, 0.1) is 5.82 Å². The third-order valence-electron chi connectivity index (χ3n) is 3.43. The predicted octanol–water partition coefficient (Wildman–Crippen LogP) is 0.855. The number of benzene rings is 1. The normalized spacial score (nSPS) is 23.9. The molecule has 0 spiro atoms. The summed E-state index contributed by atoms with van der Waals surface area (Å²) in [5.41, 5.74) is 1.74. The molecule has 2 heterocycles. The third-order valence-corrected chi connectivity index (χ3v) is 3.43. The molecule has 1 amide bonds. The predicted molar refractivity (Wildman–Crippen MR) is 57.4 cm³/mol. The largest absolute Gasteiger partial charge is 0.333 e. The Balaban J connectivity index is 2.06. The van der Waals surface area contributed by atoms with E-state index in [1.807, 2.05) is 11.0 Å². The van der Waals surface area contributed by atoms with Gasteiger partial charge in [0, 0.05) is 13.1 Å². The lowest BCUT2D eigenvalue weighted by atomic mass is 9.91. The zero-order valence-electron chi connectivity index (χ0n) is 8.87. The highest BCUT2D eigenvalue weighted by Gasteiger charge is 2.34. The fraction of sp³-hybridized carbons (Fsp3) is 0.417. The van der Waals surface area contributed by atoms with E-state index >= 15 is 0 Å². The van der Waals surface area contributed by atoms with E-state index in [0.29, 0.717) is 19.5 Å². The van der Waals surface area contributed by atoms with Crippen molar-refractivity contribution in [3.05, 3.63) is 35.1 Å². The van der Waals surface area contributed by atoms with E-state index in [1.165, 1.54) is 6.07 Å². The van der Waals surface area contributed by atoms with Crippen molar-refractivity contribution in [3.8, 4) is 0 Å². The summed E-state index contributed by atoms with van der Waals surface area (Å²) in [6.45, 7) is 1.77. The number of halogens is 1. The number of hydrogen-bond acceptors (Lipinski definition) is 2. The molecule has 1 N–H and O–H groups in total. The van der Waals surface area contributed by atoms with Gasteiger partial charge in [0.05, 0.1) is 12.6 Å². The second-order valence-corrected chi connectivity index (χ2v) is 4.29. The van der Waals surface area contributed by atoms with Gasteiger partial charge >= 0.3 is 0 Å². The molecular weight excluding hydrogens is 207 g/mol. The Bertz CT molecular complexity index is 447. The van der Waals surface area contributed by atoms with Gasteiger partial charge in [-0.3, -0.25) is 4.79 Å². The quantitative estimate of drug-likeness (QED) is 0.703. The minimum absolute atomic E-state index is 0.0145. The number of piperazine rings is 1. The fourth-order valence-electron chi connectivity index (χ4n) is 2.64. The van der Waals surface area contributed by atoms with Crippen LogP contribution in [0.4, 0.5) is 4.39 Å². The van der Waals surface area contributed by atoms with Crippen LogP contribution in [0.5, 0.6) is 0 Å². The molecule has 0 saturated carbocycles. The highest BCUT2D eigenvalue weighted by molar-refractivity contribution is 5.80. The van der Waals surface area contributed by atoms with Crippen LogP contribution in [-0.2, 0) is 11.2 Å². The molecule has 0 bridgehead atoms. The zero-order chi connectivity index (χ0) is 11.1. The Morgan fingerprint density at radius 3 is 3.19 bits per heavy atom. The SMILES string of the molecule is O=C1CNC[C@@H]2c3cccc(F)c3CCN12. The third kappa shape index (κ3) is 1.33. The van der Waals surface area contributed by atoms with Crippen molar-refractivity contribution in [3.63, 3.8) is 0 Å². The van der Waals surface area contributed by atoms with Crippen molar-refractivity contribution in [2.24, 2.45) is 0 Å². The molecule has 0 aliphatic carbocycles. The first-order valence-corrected chi connectivity index (χ1v) is 5.55. The Kier molecular flexibility index (Phi) is 2.17. The van der Waals surface area contributed by atoms with Crippen molar-refractivity contribution < 1.29 is 9.18 Å². The average molecular weight is 220 g/mol. The van der Waals surface area contributed by atoms with E-state index in [2.05, 4.69) is 5.32 Å². The number of rotatable bonds is 0. The second-order valence-electron chi connectivity index (χ2n) is 4.29. The van der Waals surface area contributed by atoms with E-state index in [-0.39, 0.29) is 17.8 Å². The van der Waals surface area contributed by atoms with Gasteiger partial charge in [-0.1, -0.05) is 12.1 Å². The minimum atomic E-state index is -0.143. The monoisotopic (exact) mass is 220 g/mol. The summed E-state index contributed by atoms with van der Waals surface area (Å²) in [7, 11) is 0. The number of fused-ring (bicyclic) bond motifs is 3. The lowest BCUT2D eigenvalue weighted by Crippen LogP contribution is -2.52. The average Bonchev–Trinajstić information content (AvgIpc) is 2.30. The van der Waals surface area contributed by atoms with Crippen LogP contribution in [0.25, 0.3) is 0 Å². The molecule has 0 unspecified atom stereocenters. The van der Waals surface area contributed by atoms with Crippen LogP contribution in [0.3, 0.4) is 0 Å². The van der Waals surface area contributed by atoms with Crippen LogP contribution in [0.1, 0.15) is 17.2 Å². The molecule has 2 aliphatic heterocycles. The summed E-state index contributed by atoms with van der Waals surface area (Å²) in [5, 5.41) is 3.08. The first kappa shape index (κ1) is 9.78. The van der Waals surface area contributed by atoms with E-state index in [9.17, 15) is 9.18 Å². The second kappa shape index (κ2) is 3.56. The molecule has 2 aliphatic rings. The number of nitrogens with one attached hydrogen (secondary N) is 1. The van der Waals surface area contributed by atoms with Gasteiger partial charge in [0.2, 0.25) is 5.91 Å². The van der Waals surface area contributed by atoms with Gasteiger partial charge in [-0.05, 0) is 23.6 Å². The van der Waals surface area contributed by atoms with Crippen molar-refractivity contribution in [1.29, 1.82) is 0 Å². The number of carbonyl (C=O) groups is 1. The van der Waals surface area contributed by atoms with Gasteiger partial charge in [0.15, 0.2) is 0 Å². The summed E-state index contributed by atoms with van der Waals surface area (Å²) in [5.74, 6) is -0.0265. The number of nitrogens with zero attached hydrogens (tertiary/aromatic N) is 1. The van der Waals surface area contributed by atoms with Crippen LogP contribution in [0.2, 0.25) is 0 Å².